The molecule has 0 amide bonds. The van der Waals surface area contributed by atoms with Gasteiger partial charge in [-0.2, -0.15) is 10.2 Å². The Balaban J connectivity index is 1.68. The first-order valence-corrected chi connectivity index (χ1v) is 8.90. The minimum Gasteiger partial charge on any atom is -0.381 e. The van der Waals surface area contributed by atoms with Crippen LogP contribution >= 0.6 is 23.2 Å². The van der Waals surface area contributed by atoms with Gasteiger partial charge in [-0.05, 0) is 37.3 Å². The van der Waals surface area contributed by atoms with Gasteiger partial charge >= 0.3 is 0 Å². The van der Waals surface area contributed by atoms with Gasteiger partial charge in [0, 0.05) is 31.9 Å². The van der Waals surface area contributed by atoms with Gasteiger partial charge in [0.05, 0.1) is 6.04 Å². The maximum atomic E-state index is 12.3. The lowest BCUT2D eigenvalue weighted by atomic mass is 10.1. The van der Waals surface area contributed by atoms with Crippen LogP contribution < -0.4 is 11.1 Å². The van der Waals surface area contributed by atoms with Crippen molar-refractivity contribution < 1.29 is 4.74 Å². The summed E-state index contributed by atoms with van der Waals surface area (Å²) >= 11 is 12.0. The zero-order valence-corrected chi connectivity index (χ0v) is 15.0. The number of hydrogen-bond acceptors (Lipinski definition) is 5. The molecule has 0 aliphatic carbocycles. The molecule has 2 aromatic heterocycles. The van der Waals surface area contributed by atoms with Crippen molar-refractivity contribution in [2.75, 3.05) is 13.2 Å². The Morgan fingerprint density at radius 1 is 1.12 bits per heavy atom. The Kier molecular flexibility index (Phi) is 5.88. The smallest absolute Gasteiger partial charge is 0.267 e. The highest BCUT2D eigenvalue weighted by atomic mass is 35.5. The second kappa shape index (κ2) is 8.12. The molecule has 0 aromatic carbocycles. The van der Waals surface area contributed by atoms with Crippen LogP contribution in [0.5, 0.6) is 0 Å². The fourth-order valence-corrected chi connectivity index (χ4v) is 3.24. The predicted molar refractivity (Wildman–Crippen MR) is 94.4 cm³/mol. The van der Waals surface area contributed by atoms with Crippen LogP contribution in [0.4, 0.5) is 0 Å². The molecule has 3 rings (SSSR count). The second-order valence-electron chi connectivity index (χ2n) is 5.91. The average Bonchev–Trinajstić information content (AvgIpc) is 2.61. The molecule has 1 aliphatic heterocycles. The molecular formula is C16H18Cl2N4O3. The molecule has 0 N–H and O–H groups in total. The summed E-state index contributed by atoms with van der Waals surface area (Å²) in [4.78, 5) is 24.0. The zero-order valence-electron chi connectivity index (χ0n) is 13.5. The number of rotatable bonds is 5. The SMILES string of the molecule is O=c1ccc(Cl)nn1CCCc1cc(=O)n(C2CCOCC2)nc1Cl. The monoisotopic (exact) mass is 384 g/mol. The first-order valence-electron chi connectivity index (χ1n) is 8.14. The van der Waals surface area contributed by atoms with Gasteiger partial charge in [0.2, 0.25) is 0 Å². The molecular weight excluding hydrogens is 367 g/mol. The molecule has 134 valence electrons. The molecule has 0 spiro atoms. The predicted octanol–water partition coefficient (Wildman–Crippen LogP) is 2.09. The van der Waals surface area contributed by atoms with E-state index in [1.54, 1.807) is 0 Å². The van der Waals surface area contributed by atoms with E-state index < -0.39 is 0 Å². The highest BCUT2D eigenvalue weighted by Gasteiger charge is 2.19. The lowest BCUT2D eigenvalue weighted by Crippen LogP contribution is -2.31. The third-order valence-electron chi connectivity index (χ3n) is 4.17. The molecule has 1 saturated heterocycles. The largest absolute Gasteiger partial charge is 0.381 e. The topological polar surface area (TPSA) is 79.0 Å². The van der Waals surface area contributed by atoms with Crippen LogP contribution in [-0.2, 0) is 17.7 Å². The Labute approximate surface area is 154 Å². The first-order chi connectivity index (χ1) is 12.0. The van der Waals surface area contributed by atoms with Crippen LogP contribution in [0, 0.1) is 0 Å². The fraction of sp³-hybridized carbons (Fsp3) is 0.500. The van der Waals surface area contributed by atoms with Crippen LogP contribution in [0.15, 0.2) is 27.8 Å². The van der Waals surface area contributed by atoms with Crippen LogP contribution in [0.25, 0.3) is 0 Å². The zero-order chi connectivity index (χ0) is 17.8. The van der Waals surface area contributed by atoms with Gasteiger partial charge in [0.1, 0.15) is 5.15 Å². The molecule has 1 aliphatic rings. The number of halogens is 2. The van der Waals surface area contributed by atoms with Gasteiger partial charge in [-0.15, -0.1) is 0 Å². The van der Waals surface area contributed by atoms with E-state index in [-0.39, 0.29) is 22.3 Å². The maximum absolute atomic E-state index is 12.3. The Bertz CT molecular complexity index is 859. The summed E-state index contributed by atoms with van der Waals surface area (Å²) in [5, 5.41) is 8.80. The summed E-state index contributed by atoms with van der Waals surface area (Å²) in [7, 11) is 0. The van der Waals surface area contributed by atoms with Crippen molar-refractivity contribution in [1.82, 2.24) is 19.6 Å². The van der Waals surface area contributed by atoms with Crippen molar-refractivity contribution in [3.05, 3.63) is 54.8 Å². The molecule has 7 nitrogen and oxygen atoms in total. The summed E-state index contributed by atoms with van der Waals surface area (Å²) in [6.07, 6.45) is 2.63. The molecule has 1 fully saturated rings. The van der Waals surface area contributed by atoms with E-state index in [1.165, 1.54) is 27.6 Å². The third kappa shape index (κ3) is 4.48. The second-order valence-corrected chi connectivity index (χ2v) is 6.65. The quantitative estimate of drug-likeness (QED) is 0.788. The van der Waals surface area contributed by atoms with E-state index in [2.05, 4.69) is 10.2 Å². The molecule has 0 unspecified atom stereocenters. The van der Waals surface area contributed by atoms with Crippen molar-refractivity contribution in [1.29, 1.82) is 0 Å². The molecule has 0 radical (unpaired) electrons. The molecule has 0 bridgehead atoms. The van der Waals surface area contributed by atoms with Crippen molar-refractivity contribution >= 4 is 23.2 Å². The molecule has 0 atom stereocenters. The number of hydrogen-bond donors (Lipinski definition) is 0. The molecule has 3 heterocycles. The maximum Gasteiger partial charge on any atom is 0.267 e. The lowest BCUT2D eigenvalue weighted by Gasteiger charge is -2.23. The Morgan fingerprint density at radius 2 is 1.88 bits per heavy atom. The highest BCUT2D eigenvalue weighted by molar-refractivity contribution is 6.30. The molecule has 0 saturated carbocycles. The molecule has 25 heavy (non-hydrogen) atoms. The Morgan fingerprint density at radius 3 is 2.64 bits per heavy atom. The van der Waals surface area contributed by atoms with Crippen molar-refractivity contribution in [3.8, 4) is 0 Å². The fourth-order valence-electron chi connectivity index (χ4n) is 2.85. The van der Waals surface area contributed by atoms with Crippen LogP contribution in [0.3, 0.4) is 0 Å². The summed E-state index contributed by atoms with van der Waals surface area (Å²) in [6, 6.07) is 4.39. The van der Waals surface area contributed by atoms with Gasteiger partial charge in [-0.3, -0.25) is 9.59 Å². The van der Waals surface area contributed by atoms with Gasteiger partial charge in [-0.25, -0.2) is 9.36 Å². The number of nitrogens with zero attached hydrogens (tertiary/aromatic N) is 4. The lowest BCUT2D eigenvalue weighted by molar-refractivity contribution is 0.0648. The van der Waals surface area contributed by atoms with E-state index in [9.17, 15) is 9.59 Å². The average molecular weight is 385 g/mol. The Hall–Kier alpha value is -1.70. The number of ether oxygens (including phenoxy) is 1. The summed E-state index contributed by atoms with van der Waals surface area (Å²) in [5.74, 6) is 0. The molecule has 2 aromatic rings. The van der Waals surface area contributed by atoms with Crippen molar-refractivity contribution in [3.63, 3.8) is 0 Å². The van der Waals surface area contributed by atoms with E-state index in [0.29, 0.717) is 43.3 Å². The van der Waals surface area contributed by atoms with Gasteiger partial charge < -0.3 is 4.74 Å². The minimum absolute atomic E-state index is 0.0297. The normalized spacial score (nSPS) is 15.4. The van der Waals surface area contributed by atoms with E-state index in [4.69, 9.17) is 27.9 Å². The summed E-state index contributed by atoms with van der Waals surface area (Å²) in [5.41, 5.74) is 0.290. The van der Waals surface area contributed by atoms with Gasteiger partial charge in [-0.1, -0.05) is 23.2 Å². The first kappa shape index (κ1) is 18.1. The van der Waals surface area contributed by atoms with E-state index >= 15 is 0 Å². The molecule has 9 heteroatoms. The van der Waals surface area contributed by atoms with Crippen LogP contribution in [0.2, 0.25) is 10.3 Å². The van der Waals surface area contributed by atoms with Crippen molar-refractivity contribution in [2.24, 2.45) is 0 Å². The minimum atomic E-state index is -0.219. The highest BCUT2D eigenvalue weighted by Crippen LogP contribution is 2.20. The van der Waals surface area contributed by atoms with Gasteiger partial charge in [0.15, 0.2) is 5.15 Å². The van der Waals surface area contributed by atoms with E-state index in [1.807, 2.05) is 0 Å². The summed E-state index contributed by atoms with van der Waals surface area (Å²) < 4.78 is 8.06. The van der Waals surface area contributed by atoms with Gasteiger partial charge in [0.25, 0.3) is 11.1 Å². The van der Waals surface area contributed by atoms with Crippen LogP contribution in [-0.4, -0.2) is 32.8 Å². The van der Waals surface area contributed by atoms with Crippen molar-refractivity contribution in [2.45, 2.75) is 38.3 Å². The standard InChI is InChI=1S/C16H18Cl2N4O3/c17-13-3-4-14(23)21(19-13)7-1-2-11-10-15(24)22(20-16(11)18)12-5-8-25-9-6-12/h3-4,10,12H,1-2,5-9H2. The number of aromatic nitrogens is 4. The van der Waals surface area contributed by atoms with Crippen LogP contribution in [0.1, 0.15) is 30.9 Å². The summed E-state index contributed by atoms with van der Waals surface area (Å²) in [6.45, 7) is 1.64. The third-order valence-corrected chi connectivity index (χ3v) is 4.69. The number of aryl methyl sites for hydroxylation is 2. The van der Waals surface area contributed by atoms with E-state index in [0.717, 1.165) is 12.8 Å².